The van der Waals surface area contributed by atoms with Crippen LogP contribution < -0.4 is 10.6 Å². The van der Waals surface area contributed by atoms with Crippen LogP contribution in [0.25, 0.3) is 0 Å². The van der Waals surface area contributed by atoms with Gasteiger partial charge >= 0.3 is 5.97 Å². The van der Waals surface area contributed by atoms with E-state index in [-0.39, 0.29) is 29.5 Å². The number of nitro groups is 1. The summed E-state index contributed by atoms with van der Waals surface area (Å²) in [5.41, 5.74) is 0.461. The molecular weight excluding hydrogens is 360 g/mol. The van der Waals surface area contributed by atoms with Crippen LogP contribution in [-0.4, -0.2) is 39.5 Å². The van der Waals surface area contributed by atoms with Gasteiger partial charge in [0, 0.05) is 36.0 Å². The van der Waals surface area contributed by atoms with E-state index in [1.54, 1.807) is 12.1 Å². The summed E-state index contributed by atoms with van der Waals surface area (Å²) in [5.74, 6) is -1.52. The molecule has 9 nitrogen and oxygen atoms in total. The van der Waals surface area contributed by atoms with Crippen molar-refractivity contribution in [1.29, 1.82) is 0 Å². The van der Waals surface area contributed by atoms with Gasteiger partial charge in [-0.15, -0.1) is 11.3 Å². The number of nitrogens with one attached hydrogen (secondary N) is 2. The fraction of sp³-hybridized carbons (Fsp3) is 0.312. The van der Waals surface area contributed by atoms with Crippen LogP contribution in [0.5, 0.6) is 0 Å². The molecule has 2 aromatic rings. The predicted octanol–water partition coefficient (Wildman–Crippen LogP) is 2.30. The second-order valence-corrected chi connectivity index (χ2v) is 6.79. The summed E-state index contributed by atoms with van der Waals surface area (Å²) in [6.07, 6.45) is 2.35. The number of carbonyl (C=O) groups excluding carboxylic acids is 1. The van der Waals surface area contributed by atoms with Crippen LogP contribution in [0.3, 0.4) is 0 Å². The number of nitro benzene ring substituents is 1. The van der Waals surface area contributed by atoms with Gasteiger partial charge in [0.1, 0.15) is 5.69 Å². The van der Waals surface area contributed by atoms with E-state index in [4.69, 9.17) is 5.11 Å². The van der Waals surface area contributed by atoms with Crippen molar-refractivity contribution in [2.24, 2.45) is 0 Å². The van der Waals surface area contributed by atoms with Gasteiger partial charge in [0.25, 0.3) is 11.6 Å². The first-order chi connectivity index (χ1) is 12.4. The van der Waals surface area contributed by atoms with Crippen LogP contribution in [0.4, 0.5) is 11.4 Å². The molecule has 26 heavy (non-hydrogen) atoms. The minimum atomic E-state index is -1.09. The summed E-state index contributed by atoms with van der Waals surface area (Å²) in [6.45, 7) is 0.251. The van der Waals surface area contributed by atoms with Gasteiger partial charge in [-0.1, -0.05) is 0 Å². The van der Waals surface area contributed by atoms with E-state index in [2.05, 4.69) is 15.6 Å². The zero-order valence-electron chi connectivity index (χ0n) is 13.6. The van der Waals surface area contributed by atoms with Crippen LogP contribution in [0.15, 0.2) is 23.6 Å². The van der Waals surface area contributed by atoms with Crippen LogP contribution in [0, 0.1) is 10.1 Å². The Bertz CT molecular complexity index is 862. The van der Waals surface area contributed by atoms with E-state index in [1.807, 2.05) is 0 Å². The first kappa shape index (κ1) is 17.8. The molecule has 1 aromatic carbocycles. The first-order valence-corrected chi connectivity index (χ1v) is 8.83. The smallest absolute Gasteiger partial charge is 0.355 e. The lowest BCUT2D eigenvalue weighted by Gasteiger charge is -2.08. The van der Waals surface area contributed by atoms with Gasteiger partial charge in [-0.2, -0.15) is 0 Å². The number of hydrogen-bond acceptors (Lipinski definition) is 7. The van der Waals surface area contributed by atoms with E-state index in [1.165, 1.54) is 22.8 Å². The number of carboxylic acids is 1. The Kier molecular flexibility index (Phi) is 5.12. The highest BCUT2D eigenvalue weighted by Crippen LogP contribution is 2.31. The summed E-state index contributed by atoms with van der Waals surface area (Å²) in [5, 5.41) is 27.8. The Morgan fingerprint density at radius 3 is 2.77 bits per heavy atom. The summed E-state index contributed by atoms with van der Waals surface area (Å²) in [7, 11) is 0. The maximum Gasteiger partial charge on any atom is 0.355 e. The van der Waals surface area contributed by atoms with Gasteiger partial charge in [0.15, 0.2) is 5.69 Å². The lowest BCUT2D eigenvalue weighted by atomic mass is 10.1. The minimum absolute atomic E-state index is 0.0225. The molecule has 0 spiro atoms. The first-order valence-electron chi connectivity index (χ1n) is 7.95. The van der Waals surface area contributed by atoms with E-state index in [0.29, 0.717) is 17.1 Å². The van der Waals surface area contributed by atoms with Crippen molar-refractivity contribution in [1.82, 2.24) is 10.3 Å². The number of nitrogens with zero attached hydrogens (tertiary/aromatic N) is 2. The van der Waals surface area contributed by atoms with Gasteiger partial charge in [-0.3, -0.25) is 14.9 Å². The van der Waals surface area contributed by atoms with Crippen LogP contribution in [0.2, 0.25) is 0 Å². The molecule has 0 atom stereocenters. The maximum absolute atomic E-state index is 12.2. The van der Waals surface area contributed by atoms with Crippen LogP contribution in [-0.2, 0) is 6.42 Å². The summed E-state index contributed by atoms with van der Waals surface area (Å²) < 4.78 is 0. The predicted molar refractivity (Wildman–Crippen MR) is 94.9 cm³/mol. The normalized spacial score (nSPS) is 13.2. The highest BCUT2D eigenvalue weighted by atomic mass is 32.1. The Labute approximate surface area is 152 Å². The van der Waals surface area contributed by atoms with Gasteiger partial charge in [0.2, 0.25) is 0 Å². The highest BCUT2D eigenvalue weighted by molar-refractivity contribution is 7.09. The van der Waals surface area contributed by atoms with Crippen molar-refractivity contribution in [2.75, 3.05) is 11.9 Å². The molecule has 1 aliphatic rings. The number of hydrogen-bond donors (Lipinski definition) is 3. The number of carbonyl (C=O) groups is 2. The van der Waals surface area contributed by atoms with E-state index < -0.39 is 16.8 Å². The zero-order chi connectivity index (χ0) is 18.7. The van der Waals surface area contributed by atoms with Crippen molar-refractivity contribution < 1.29 is 19.6 Å². The molecular formula is C16H16N4O5S. The largest absolute Gasteiger partial charge is 0.476 e. The second kappa shape index (κ2) is 7.48. The van der Waals surface area contributed by atoms with Crippen LogP contribution in [0.1, 0.15) is 38.7 Å². The fourth-order valence-electron chi connectivity index (χ4n) is 2.30. The van der Waals surface area contributed by atoms with Crippen molar-refractivity contribution in [3.8, 4) is 0 Å². The third kappa shape index (κ3) is 4.33. The summed E-state index contributed by atoms with van der Waals surface area (Å²) in [6, 6.07) is 4.61. The Hall–Kier alpha value is -3.01. The molecule has 1 amide bonds. The summed E-state index contributed by atoms with van der Waals surface area (Å²) >= 11 is 1.20. The Balaban J connectivity index is 1.60. The quantitative estimate of drug-likeness (QED) is 0.475. The number of anilines is 1. The average Bonchev–Trinajstić information content (AvgIpc) is 3.29. The third-order valence-electron chi connectivity index (χ3n) is 3.79. The fourth-order valence-corrected chi connectivity index (χ4v) is 3.07. The standard InChI is InChI=1S/C16H16N4O5S/c21-15(17-6-5-14-19-12(8-26-14)16(22)23)9-1-4-11(18-10-2-3-10)13(7-9)20(24)25/h1,4,7-8,10,18H,2-3,5-6H2,(H,17,21)(H,22,23). The Morgan fingerprint density at radius 2 is 2.15 bits per heavy atom. The number of thiazole rings is 1. The van der Waals surface area contributed by atoms with Crippen molar-refractivity contribution in [3.63, 3.8) is 0 Å². The van der Waals surface area contributed by atoms with Gasteiger partial charge in [-0.05, 0) is 25.0 Å². The highest BCUT2D eigenvalue weighted by Gasteiger charge is 2.25. The molecule has 1 aromatic heterocycles. The third-order valence-corrected chi connectivity index (χ3v) is 4.70. The molecule has 136 valence electrons. The van der Waals surface area contributed by atoms with E-state index >= 15 is 0 Å². The Morgan fingerprint density at radius 1 is 1.38 bits per heavy atom. The number of aromatic carboxylic acids is 1. The molecule has 0 saturated heterocycles. The van der Waals surface area contributed by atoms with Crippen molar-refractivity contribution in [2.45, 2.75) is 25.3 Å². The molecule has 0 bridgehead atoms. The molecule has 1 fully saturated rings. The lowest BCUT2D eigenvalue weighted by Crippen LogP contribution is -2.25. The average molecular weight is 376 g/mol. The minimum Gasteiger partial charge on any atom is -0.476 e. The monoisotopic (exact) mass is 376 g/mol. The number of aromatic nitrogens is 1. The molecule has 1 aliphatic carbocycles. The number of amides is 1. The van der Waals surface area contributed by atoms with Crippen LogP contribution >= 0.6 is 11.3 Å². The molecule has 10 heteroatoms. The number of carboxylic acid groups (broad SMARTS) is 1. The zero-order valence-corrected chi connectivity index (χ0v) is 14.4. The molecule has 3 rings (SSSR count). The second-order valence-electron chi connectivity index (χ2n) is 5.85. The van der Waals surface area contributed by atoms with Gasteiger partial charge < -0.3 is 15.7 Å². The van der Waals surface area contributed by atoms with E-state index in [0.717, 1.165) is 12.8 Å². The molecule has 0 unspecified atom stereocenters. The summed E-state index contributed by atoms with van der Waals surface area (Å²) in [4.78, 5) is 37.6. The molecule has 1 heterocycles. The van der Waals surface area contributed by atoms with Gasteiger partial charge in [0.05, 0.1) is 9.93 Å². The molecule has 1 saturated carbocycles. The SMILES string of the molecule is O=C(NCCc1nc(C(=O)O)cs1)c1ccc(NC2CC2)c([N+](=O)[O-])c1. The topological polar surface area (TPSA) is 134 Å². The van der Waals surface area contributed by atoms with E-state index in [9.17, 15) is 19.7 Å². The molecule has 0 radical (unpaired) electrons. The van der Waals surface area contributed by atoms with Crippen molar-refractivity contribution >= 4 is 34.6 Å². The molecule has 3 N–H and O–H groups in total. The van der Waals surface area contributed by atoms with Crippen molar-refractivity contribution in [3.05, 3.63) is 50.0 Å². The molecule has 0 aliphatic heterocycles. The number of benzene rings is 1. The maximum atomic E-state index is 12.2. The number of rotatable bonds is 8. The lowest BCUT2D eigenvalue weighted by molar-refractivity contribution is -0.384. The van der Waals surface area contributed by atoms with Gasteiger partial charge in [-0.25, -0.2) is 9.78 Å².